The standard InChI is InChI=1S/C16H15NO.2ClH.Ti/c18-16-13(5-4-8-15(16)12-9-10-12)11-17-14-6-2-1-3-7-14;;;/h1-8,11-12,18H,9-10H2;2*1H;/q;;;+2/p-2. The molecular formula is C16H15Cl2NOTi. The van der Waals surface area contributed by atoms with Gasteiger partial charge in [-0.2, -0.15) is 0 Å². The van der Waals surface area contributed by atoms with Crippen LogP contribution in [-0.2, 0) is 17.0 Å². The van der Waals surface area contributed by atoms with Gasteiger partial charge in [0.05, 0.1) is 5.69 Å². The topological polar surface area (TPSA) is 32.6 Å². The average molecular weight is 356 g/mol. The third kappa shape index (κ3) is 5.16. The molecule has 3 rings (SSSR count). The van der Waals surface area contributed by atoms with Crippen LogP contribution in [0.15, 0.2) is 53.5 Å². The van der Waals surface area contributed by atoms with Gasteiger partial charge in [-0.15, -0.1) is 0 Å². The SMILES string of the molecule is Oc1c(C=Nc2ccccc2)cccc1C1CC1.[Cl][Ti][Cl]. The maximum atomic E-state index is 10.2. The summed E-state index contributed by atoms with van der Waals surface area (Å²) < 4.78 is 0. The van der Waals surface area contributed by atoms with E-state index in [0.717, 1.165) is 16.8 Å². The summed E-state index contributed by atoms with van der Waals surface area (Å²) in [5.74, 6) is 0.940. The number of nitrogens with zero attached hydrogens (tertiary/aromatic N) is 1. The van der Waals surface area contributed by atoms with Crippen molar-refractivity contribution in [1.29, 1.82) is 0 Å². The molecule has 0 aromatic heterocycles. The third-order valence-corrected chi connectivity index (χ3v) is 3.22. The summed E-state index contributed by atoms with van der Waals surface area (Å²) in [5, 5.41) is 10.2. The molecule has 1 N–H and O–H groups in total. The van der Waals surface area contributed by atoms with Crippen molar-refractivity contribution in [1.82, 2.24) is 0 Å². The number of para-hydroxylation sites is 2. The second-order valence-corrected chi connectivity index (χ2v) is 7.30. The van der Waals surface area contributed by atoms with Crippen LogP contribution >= 0.6 is 18.6 Å². The zero-order valence-electron chi connectivity index (χ0n) is 11.3. The number of hydrogen-bond donors (Lipinski definition) is 1. The predicted octanol–water partition coefficient (Wildman–Crippen LogP) is 5.40. The zero-order valence-corrected chi connectivity index (χ0v) is 14.4. The van der Waals surface area contributed by atoms with Crippen LogP contribution in [0.2, 0.25) is 0 Å². The number of phenolic OH excluding ortho intramolecular Hbond substituents is 1. The molecule has 21 heavy (non-hydrogen) atoms. The van der Waals surface area contributed by atoms with Crippen LogP contribution in [0.3, 0.4) is 0 Å². The van der Waals surface area contributed by atoms with Gasteiger partial charge in [-0.05, 0) is 42.5 Å². The van der Waals surface area contributed by atoms with Gasteiger partial charge in [0, 0.05) is 11.8 Å². The van der Waals surface area contributed by atoms with Crippen LogP contribution in [0.25, 0.3) is 0 Å². The summed E-state index contributed by atoms with van der Waals surface area (Å²) in [7, 11) is 9.78. The normalized spacial score (nSPS) is 13.6. The van der Waals surface area contributed by atoms with Crippen molar-refractivity contribution >= 4 is 30.5 Å². The summed E-state index contributed by atoms with van der Waals surface area (Å²) in [6.45, 7) is 0. The second-order valence-electron chi connectivity index (χ2n) is 4.72. The first-order valence-corrected chi connectivity index (χ1v) is 10.9. The molecule has 0 bridgehead atoms. The van der Waals surface area contributed by atoms with Gasteiger partial charge in [0.15, 0.2) is 0 Å². The Morgan fingerprint density at radius 1 is 1.05 bits per heavy atom. The predicted molar refractivity (Wildman–Crippen MR) is 85.5 cm³/mol. The molecule has 0 saturated heterocycles. The summed E-state index contributed by atoms with van der Waals surface area (Å²) >= 11 is -0.556. The van der Waals surface area contributed by atoms with E-state index < -0.39 is 17.0 Å². The van der Waals surface area contributed by atoms with Crippen LogP contribution in [0.5, 0.6) is 5.75 Å². The van der Waals surface area contributed by atoms with E-state index in [0.29, 0.717) is 11.7 Å². The van der Waals surface area contributed by atoms with Gasteiger partial charge in [0.2, 0.25) is 0 Å². The van der Waals surface area contributed by atoms with Crippen molar-refractivity contribution in [3.05, 3.63) is 59.7 Å². The molecule has 108 valence electrons. The molecule has 2 aromatic carbocycles. The first kappa shape index (κ1) is 16.6. The Bertz CT molecular complexity index is 600. The Morgan fingerprint density at radius 2 is 1.71 bits per heavy atom. The zero-order chi connectivity index (χ0) is 15.1. The fraction of sp³-hybridized carbons (Fsp3) is 0.188. The Labute approximate surface area is 141 Å². The molecule has 2 aromatic rings. The van der Waals surface area contributed by atoms with Crippen LogP contribution in [-0.4, -0.2) is 11.3 Å². The molecule has 2 nitrogen and oxygen atoms in total. The summed E-state index contributed by atoms with van der Waals surface area (Å²) in [5.41, 5.74) is 2.75. The van der Waals surface area contributed by atoms with Gasteiger partial charge >= 0.3 is 35.6 Å². The van der Waals surface area contributed by atoms with E-state index in [4.69, 9.17) is 18.6 Å². The number of aliphatic imine (C=N–C) groups is 1. The molecule has 5 heteroatoms. The maximum absolute atomic E-state index is 10.2. The van der Waals surface area contributed by atoms with Crippen LogP contribution in [0.1, 0.15) is 29.9 Å². The molecule has 1 aliphatic carbocycles. The van der Waals surface area contributed by atoms with Crippen molar-refractivity contribution in [2.24, 2.45) is 4.99 Å². The van der Waals surface area contributed by atoms with E-state index in [1.54, 1.807) is 6.21 Å². The molecule has 1 saturated carbocycles. The molecular weight excluding hydrogens is 341 g/mol. The Hall–Kier alpha value is -0.796. The van der Waals surface area contributed by atoms with Gasteiger partial charge in [-0.1, -0.05) is 30.3 Å². The minimum absolute atomic E-state index is 0.389. The number of aromatic hydroxyl groups is 1. The van der Waals surface area contributed by atoms with Gasteiger partial charge < -0.3 is 5.11 Å². The van der Waals surface area contributed by atoms with Crippen LogP contribution in [0.4, 0.5) is 5.69 Å². The average Bonchev–Trinajstić information content (AvgIpc) is 3.33. The summed E-state index contributed by atoms with van der Waals surface area (Å²) in [6.07, 6.45) is 4.11. The molecule has 0 heterocycles. The second kappa shape index (κ2) is 8.60. The summed E-state index contributed by atoms with van der Waals surface area (Å²) in [6, 6.07) is 15.6. The van der Waals surface area contributed by atoms with E-state index in [1.807, 2.05) is 48.5 Å². The Balaban J connectivity index is 0.000000497. The minimum atomic E-state index is -0.556. The van der Waals surface area contributed by atoms with E-state index in [1.165, 1.54) is 12.8 Å². The first-order chi connectivity index (χ1) is 10.3. The molecule has 0 aliphatic heterocycles. The molecule has 0 unspecified atom stereocenters. The molecule has 0 amide bonds. The van der Waals surface area contributed by atoms with E-state index in [-0.39, 0.29) is 0 Å². The Kier molecular flexibility index (Phi) is 6.79. The molecule has 1 fully saturated rings. The van der Waals surface area contributed by atoms with Crippen molar-refractivity contribution in [3.8, 4) is 5.75 Å². The Morgan fingerprint density at radius 3 is 2.33 bits per heavy atom. The number of phenols is 1. The third-order valence-electron chi connectivity index (χ3n) is 3.22. The van der Waals surface area contributed by atoms with Crippen molar-refractivity contribution in [2.75, 3.05) is 0 Å². The van der Waals surface area contributed by atoms with E-state index in [9.17, 15) is 5.11 Å². The fourth-order valence-corrected chi connectivity index (χ4v) is 2.07. The fourth-order valence-electron chi connectivity index (χ4n) is 2.07. The summed E-state index contributed by atoms with van der Waals surface area (Å²) in [4.78, 5) is 4.37. The monoisotopic (exact) mass is 355 g/mol. The van der Waals surface area contributed by atoms with Crippen molar-refractivity contribution in [3.63, 3.8) is 0 Å². The molecule has 0 radical (unpaired) electrons. The molecule has 1 aliphatic rings. The van der Waals surface area contributed by atoms with Gasteiger partial charge in [-0.25, -0.2) is 0 Å². The van der Waals surface area contributed by atoms with Gasteiger partial charge in [0.1, 0.15) is 5.75 Å². The molecule has 0 atom stereocenters. The number of hydrogen-bond acceptors (Lipinski definition) is 2. The first-order valence-electron chi connectivity index (χ1n) is 6.63. The number of benzene rings is 2. The van der Waals surface area contributed by atoms with Crippen LogP contribution < -0.4 is 0 Å². The van der Waals surface area contributed by atoms with Crippen molar-refractivity contribution in [2.45, 2.75) is 18.8 Å². The number of rotatable bonds is 3. The molecule has 0 spiro atoms. The van der Waals surface area contributed by atoms with Crippen LogP contribution in [0, 0.1) is 0 Å². The van der Waals surface area contributed by atoms with Gasteiger partial charge in [0.25, 0.3) is 0 Å². The van der Waals surface area contributed by atoms with Crippen molar-refractivity contribution < 1.29 is 22.1 Å². The van der Waals surface area contributed by atoms with E-state index >= 15 is 0 Å². The van der Waals surface area contributed by atoms with E-state index in [2.05, 4.69) is 4.99 Å². The quantitative estimate of drug-likeness (QED) is 0.580. The number of halogens is 2. The van der Waals surface area contributed by atoms with Gasteiger partial charge in [-0.3, -0.25) is 4.99 Å².